The topological polar surface area (TPSA) is 150 Å². The van der Waals surface area contributed by atoms with Crippen LogP contribution in [0.5, 0.6) is 0 Å². The highest BCUT2D eigenvalue weighted by Crippen LogP contribution is 2.26. The quantitative estimate of drug-likeness (QED) is 0.392. The molecule has 0 aliphatic heterocycles. The Labute approximate surface area is 157 Å². The maximum atomic E-state index is 12.6. The average molecular weight is 378 g/mol. The lowest BCUT2D eigenvalue weighted by Gasteiger charge is -2.06. The summed E-state index contributed by atoms with van der Waals surface area (Å²) < 4.78 is 11.1. The van der Waals surface area contributed by atoms with E-state index in [4.69, 9.17) is 10.2 Å². The van der Waals surface area contributed by atoms with Gasteiger partial charge in [0, 0.05) is 5.56 Å². The number of rotatable bonds is 5. The molecule has 0 radical (unpaired) electrons. The second-order valence-corrected chi connectivity index (χ2v) is 5.75. The predicted octanol–water partition coefficient (Wildman–Crippen LogP) is 1.56. The zero-order chi connectivity index (χ0) is 19.5. The fourth-order valence-corrected chi connectivity index (χ4v) is 2.46. The number of carbonyl (C=O) groups is 1. The van der Waals surface area contributed by atoms with E-state index in [1.165, 1.54) is 17.2 Å². The number of aromatic nitrogens is 5. The van der Waals surface area contributed by atoms with E-state index in [0.29, 0.717) is 17.0 Å². The summed E-state index contributed by atoms with van der Waals surface area (Å²) in [6.07, 6.45) is 2.87. The zero-order valence-electron chi connectivity index (χ0n) is 14.6. The highest BCUT2D eigenvalue weighted by molar-refractivity contribution is 5.98. The number of nitrogen functional groups attached to an aromatic ring is 1. The van der Waals surface area contributed by atoms with E-state index in [0.717, 1.165) is 5.56 Å². The van der Waals surface area contributed by atoms with Crippen LogP contribution in [-0.2, 0) is 0 Å². The van der Waals surface area contributed by atoms with Crippen LogP contribution < -0.4 is 11.2 Å². The minimum Gasteiger partial charge on any atom is -0.463 e. The number of hydrogen-bond acceptors (Lipinski definition) is 9. The molecule has 3 N–H and O–H groups in total. The molecule has 3 aromatic heterocycles. The van der Waals surface area contributed by atoms with E-state index in [1.807, 2.05) is 31.2 Å². The summed E-state index contributed by atoms with van der Waals surface area (Å²) in [5.74, 6) is 0.0612. The number of hydrazone groups is 1. The van der Waals surface area contributed by atoms with Gasteiger partial charge in [-0.05, 0) is 29.4 Å². The van der Waals surface area contributed by atoms with E-state index >= 15 is 0 Å². The SMILES string of the molecule is Cc1ccc(-c2c(C(=O)N/N=C\c3ccco3)nnn2-c2nonc2N)cc1. The number of furan rings is 1. The molecule has 0 saturated heterocycles. The molecule has 1 amide bonds. The van der Waals surface area contributed by atoms with Gasteiger partial charge in [0.15, 0.2) is 5.69 Å². The van der Waals surface area contributed by atoms with E-state index in [-0.39, 0.29) is 17.3 Å². The van der Waals surface area contributed by atoms with Crippen molar-refractivity contribution in [2.24, 2.45) is 5.10 Å². The number of amides is 1. The van der Waals surface area contributed by atoms with Crippen LogP contribution in [-0.4, -0.2) is 37.4 Å². The molecule has 0 spiro atoms. The van der Waals surface area contributed by atoms with Gasteiger partial charge in [0.1, 0.15) is 11.5 Å². The first-order chi connectivity index (χ1) is 13.6. The Bertz CT molecular complexity index is 1130. The van der Waals surface area contributed by atoms with Gasteiger partial charge in [0.25, 0.3) is 5.91 Å². The highest BCUT2D eigenvalue weighted by Gasteiger charge is 2.25. The van der Waals surface area contributed by atoms with Crippen LogP contribution in [0.3, 0.4) is 0 Å². The second-order valence-electron chi connectivity index (χ2n) is 5.75. The molecule has 0 saturated carbocycles. The van der Waals surface area contributed by atoms with Gasteiger partial charge in [-0.3, -0.25) is 4.79 Å². The van der Waals surface area contributed by atoms with E-state index in [2.05, 4.69) is 35.8 Å². The zero-order valence-corrected chi connectivity index (χ0v) is 14.6. The van der Waals surface area contributed by atoms with Crippen molar-refractivity contribution in [3.05, 3.63) is 59.7 Å². The third-order valence-corrected chi connectivity index (χ3v) is 3.81. The van der Waals surface area contributed by atoms with Crippen molar-refractivity contribution in [3.63, 3.8) is 0 Å². The molecular weight excluding hydrogens is 364 g/mol. The first-order valence-corrected chi connectivity index (χ1v) is 8.11. The molecule has 0 fully saturated rings. The number of anilines is 1. The highest BCUT2D eigenvalue weighted by atomic mass is 16.6. The van der Waals surface area contributed by atoms with Crippen LogP contribution in [0.25, 0.3) is 17.1 Å². The number of carbonyl (C=O) groups excluding carboxylic acids is 1. The summed E-state index contributed by atoms with van der Waals surface area (Å²) in [4.78, 5) is 12.6. The molecule has 4 aromatic rings. The Morgan fingerprint density at radius 1 is 1.25 bits per heavy atom. The number of aryl methyl sites for hydroxylation is 1. The number of nitrogens with two attached hydrogens (primary N) is 1. The first kappa shape index (κ1) is 17.1. The molecule has 140 valence electrons. The molecule has 11 heteroatoms. The van der Waals surface area contributed by atoms with E-state index in [9.17, 15) is 4.79 Å². The summed E-state index contributed by atoms with van der Waals surface area (Å²) in [5.41, 5.74) is 10.3. The molecule has 0 bridgehead atoms. The summed E-state index contributed by atoms with van der Waals surface area (Å²) in [6.45, 7) is 1.95. The van der Waals surface area contributed by atoms with Gasteiger partial charge in [-0.2, -0.15) is 9.78 Å². The summed E-state index contributed by atoms with van der Waals surface area (Å²) in [6, 6.07) is 10.9. The van der Waals surface area contributed by atoms with Crippen LogP contribution in [0.1, 0.15) is 21.8 Å². The Hall–Kier alpha value is -4.28. The van der Waals surface area contributed by atoms with Crippen LogP contribution in [0.4, 0.5) is 5.82 Å². The summed E-state index contributed by atoms with van der Waals surface area (Å²) >= 11 is 0. The summed E-state index contributed by atoms with van der Waals surface area (Å²) in [7, 11) is 0. The third-order valence-electron chi connectivity index (χ3n) is 3.81. The van der Waals surface area contributed by atoms with Crippen molar-refractivity contribution in [2.75, 3.05) is 5.73 Å². The van der Waals surface area contributed by atoms with Gasteiger partial charge in [-0.25, -0.2) is 10.1 Å². The lowest BCUT2D eigenvalue weighted by atomic mass is 10.1. The van der Waals surface area contributed by atoms with Crippen molar-refractivity contribution >= 4 is 17.9 Å². The van der Waals surface area contributed by atoms with Crippen LogP contribution in [0.15, 0.2) is 56.8 Å². The number of benzene rings is 1. The molecule has 11 nitrogen and oxygen atoms in total. The number of hydrogen-bond donors (Lipinski definition) is 2. The molecule has 0 aliphatic carbocycles. The fourth-order valence-electron chi connectivity index (χ4n) is 2.46. The first-order valence-electron chi connectivity index (χ1n) is 8.11. The number of nitrogens with zero attached hydrogens (tertiary/aromatic N) is 6. The lowest BCUT2D eigenvalue weighted by Crippen LogP contribution is -2.19. The third kappa shape index (κ3) is 3.23. The largest absolute Gasteiger partial charge is 0.463 e. The standard InChI is InChI=1S/C17H14N8O3/c1-10-4-6-11(7-5-10)14-13(17(26)21-19-9-12-3-2-8-27-12)20-24-25(14)16-15(18)22-28-23-16/h2-9H,1H3,(H2,18,22)(H,21,26)/b19-9-. The molecule has 0 unspecified atom stereocenters. The molecule has 0 aliphatic rings. The molecule has 1 aromatic carbocycles. The maximum absolute atomic E-state index is 12.6. The Balaban J connectivity index is 1.72. The van der Waals surface area contributed by atoms with Crippen molar-refractivity contribution in [3.8, 4) is 17.1 Å². The second kappa shape index (κ2) is 7.15. The number of nitrogens with one attached hydrogen (secondary N) is 1. The monoisotopic (exact) mass is 378 g/mol. The fraction of sp³-hybridized carbons (Fsp3) is 0.0588. The van der Waals surface area contributed by atoms with Crippen LogP contribution in [0.2, 0.25) is 0 Å². The van der Waals surface area contributed by atoms with Crippen LogP contribution in [0, 0.1) is 6.92 Å². The van der Waals surface area contributed by atoms with E-state index < -0.39 is 5.91 Å². The molecule has 3 heterocycles. The van der Waals surface area contributed by atoms with Gasteiger partial charge >= 0.3 is 0 Å². The predicted molar refractivity (Wildman–Crippen MR) is 97.6 cm³/mol. The van der Waals surface area contributed by atoms with Gasteiger partial charge in [-0.1, -0.05) is 35.0 Å². The molecular formula is C17H14N8O3. The molecule has 4 rings (SSSR count). The lowest BCUT2D eigenvalue weighted by molar-refractivity contribution is 0.0950. The molecule has 0 atom stereocenters. The van der Waals surface area contributed by atoms with E-state index in [1.54, 1.807) is 12.1 Å². The van der Waals surface area contributed by atoms with Crippen molar-refractivity contribution in [1.29, 1.82) is 0 Å². The van der Waals surface area contributed by atoms with Crippen LogP contribution >= 0.6 is 0 Å². The Morgan fingerprint density at radius 3 is 2.75 bits per heavy atom. The smallest absolute Gasteiger partial charge is 0.294 e. The van der Waals surface area contributed by atoms with Gasteiger partial charge in [-0.15, -0.1) is 5.10 Å². The minimum absolute atomic E-state index is 0.0149. The van der Waals surface area contributed by atoms with Gasteiger partial charge < -0.3 is 10.2 Å². The normalized spacial score (nSPS) is 11.2. The minimum atomic E-state index is -0.570. The summed E-state index contributed by atoms with van der Waals surface area (Å²) in [5, 5.41) is 19.1. The average Bonchev–Trinajstić information content (AvgIpc) is 3.42. The van der Waals surface area contributed by atoms with Gasteiger partial charge in [0.05, 0.1) is 12.5 Å². The molecule has 28 heavy (non-hydrogen) atoms. The van der Waals surface area contributed by atoms with Gasteiger partial charge in [0.2, 0.25) is 11.6 Å². The van der Waals surface area contributed by atoms with Crippen molar-refractivity contribution < 1.29 is 13.8 Å². The maximum Gasteiger partial charge on any atom is 0.294 e. The van der Waals surface area contributed by atoms with Crippen molar-refractivity contribution in [1.82, 2.24) is 30.7 Å². The van der Waals surface area contributed by atoms with Crippen molar-refractivity contribution in [2.45, 2.75) is 6.92 Å². The Kier molecular flexibility index (Phi) is 4.38. The Morgan fingerprint density at radius 2 is 2.07 bits per heavy atom.